The highest BCUT2D eigenvalue weighted by Gasteiger charge is 2.18. The molecule has 1 heterocycles. The topological polar surface area (TPSA) is 68.5 Å². The second kappa shape index (κ2) is 10.5. The summed E-state index contributed by atoms with van der Waals surface area (Å²) in [6.45, 7) is 0.845. The quantitative estimate of drug-likeness (QED) is 0.370. The SMILES string of the molecule is COc1cccc(-c2noc(CCN(CCc3ccccc3)C(=O)c3cccc(F)c3)n2)c1. The second-order valence-corrected chi connectivity index (χ2v) is 7.53. The van der Waals surface area contributed by atoms with Crippen LogP contribution in [0.2, 0.25) is 0 Å². The molecule has 4 aromatic rings. The Kier molecular flexibility index (Phi) is 7.09. The number of halogens is 1. The first-order valence-corrected chi connectivity index (χ1v) is 10.7. The van der Waals surface area contributed by atoms with Crippen LogP contribution in [0.1, 0.15) is 21.8 Å². The zero-order valence-electron chi connectivity index (χ0n) is 18.3. The fourth-order valence-corrected chi connectivity index (χ4v) is 3.49. The van der Waals surface area contributed by atoms with E-state index in [9.17, 15) is 9.18 Å². The Morgan fingerprint density at radius 2 is 1.76 bits per heavy atom. The van der Waals surface area contributed by atoms with E-state index in [1.165, 1.54) is 18.2 Å². The molecule has 3 aromatic carbocycles. The van der Waals surface area contributed by atoms with Crippen molar-refractivity contribution in [1.82, 2.24) is 15.0 Å². The van der Waals surface area contributed by atoms with Gasteiger partial charge < -0.3 is 14.2 Å². The van der Waals surface area contributed by atoms with E-state index in [0.717, 1.165) is 11.1 Å². The second-order valence-electron chi connectivity index (χ2n) is 7.53. The molecule has 0 saturated heterocycles. The summed E-state index contributed by atoms with van der Waals surface area (Å²) in [5.41, 5.74) is 2.21. The molecule has 7 heteroatoms. The first-order valence-electron chi connectivity index (χ1n) is 10.7. The van der Waals surface area contributed by atoms with E-state index in [4.69, 9.17) is 9.26 Å². The number of hydrogen-bond donors (Lipinski definition) is 0. The Morgan fingerprint density at radius 1 is 0.970 bits per heavy atom. The molecule has 0 fully saturated rings. The minimum Gasteiger partial charge on any atom is -0.497 e. The Labute approximate surface area is 191 Å². The van der Waals surface area contributed by atoms with E-state index in [-0.39, 0.29) is 5.91 Å². The summed E-state index contributed by atoms with van der Waals surface area (Å²) in [6, 6.07) is 23.0. The number of carbonyl (C=O) groups is 1. The van der Waals surface area contributed by atoms with Crippen LogP contribution in [-0.2, 0) is 12.8 Å². The highest BCUT2D eigenvalue weighted by atomic mass is 19.1. The average molecular weight is 445 g/mol. The number of benzene rings is 3. The Bertz CT molecular complexity index is 1210. The number of aromatic nitrogens is 2. The molecule has 0 N–H and O–H groups in total. The van der Waals surface area contributed by atoms with Crippen LogP contribution in [0, 0.1) is 5.82 Å². The van der Waals surface area contributed by atoms with Crippen molar-refractivity contribution in [3.05, 3.63) is 102 Å². The van der Waals surface area contributed by atoms with Gasteiger partial charge in [-0.1, -0.05) is 53.7 Å². The van der Waals surface area contributed by atoms with Gasteiger partial charge in [0.25, 0.3) is 5.91 Å². The van der Waals surface area contributed by atoms with Gasteiger partial charge in [0.1, 0.15) is 11.6 Å². The van der Waals surface area contributed by atoms with Crippen molar-refractivity contribution >= 4 is 5.91 Å². The number of hydrogen-bond acceptors (Lipinski definition) is 5. The summed E-state index contributed by atoms with van der Waals surface area (Å²) < 4.78 is 24.4. The third-order valence-corrected chi connectivity index (χ3v) is 5.26. The summed E-state index contributed by atoms with van der Waals surface area (Å²) in [4.78, 5) is 19.3. The maximum Gasteiger partial charge on any atom is 0.253 e. The van der Waals surface area contributed by atoms with E-state index in [0.29, 0.717) is 49.0 Å². The molecule has 0 aliphatic carbocycles. The Hall–Kier alpha value is -4.00. The van der Waals surface area contributed by atoms with Crippen LogP contribution < -0.4 is 4.74 Å². The van der Waals surface area contributed by atoms with Gasteiger partial charge in [-0.05, 0) is 42.3 Å². The maximum absolute atomic E-state index is 13.7. The summed E-state index contributed by atoms with van der Waals surface area (Å²) in [7, 11) is 1.60. The number of nitrogens with zero attached hydrogens (tertiary/aromatic N) is 3. The third-order valence-electron chi connectivity index (χ3n) is 5.26. The number of methoxy groups -OCH3 is 1. The molecule has 0 aliphatic heterocycles. The molecule has 4 rings (SSSR count). The third kappa shape index (κ3) is 5.83. The van der Waals surface area contributed by atoms with Gasteiger partial charge in [-0.3, -0.25) is 4.79 Å². The normalized spacial score (nSPS) is 10.7. The average Bonchev–Trinajstić information content (AvgIpc) is 3.33. The fraction of sp³-hybridized carbons (Fsp3) is 0.192. The summed E-state index contributed by atoms with van der Waals surface area (Å²) in [5.74, 6) is 0.897. The van der Waals surface area contributed by atoms with Crippen LogP contribution in [0.3, 0.4) is 0 Å². The van der Waals surface area contributed by atoms with Gasteiger partial charge in [0.15, 0.2) is 0 Å². The predicted molar refractivity (Wildman–Crippen MR) is 122 cm³/mol. The first-order chi connectivity index (χ1) is 16.1. The van der Waals surface area contributed by atoms with Crippen molar-refractivity contribution in [2.45, 2.75) is 12.8 Å². The van der Waals surface area contributed by atoms with Crippen molar-refractivity contribution < 1.29 is 18.4 Å². The lowest BCUT2D eigenvalue weighted by atomic mass is 10.1. The van der Waals surface area contributed by atoms with Crippen LogP contribution >= 0.6 is 0 Å². The lowest BCUT2D eigenvalue weighted by molar-refractivity contribution is 0.0755. The molecule has 0 aliphatic rings. The van der Waals surface area contributed by atoms with Gasteiger partial charge >= 0.3 is 0 Å². The van der Waals surface area contributed by atoms with Crippen LogP contribution in [-0.4, -0.2) is 41.1 Å². The van der Waals surface area contributed by atoms with E-state index >= 15 is 0 Å². The highest BCUT2D eigenvalue weighted by molar-refractivity contribution is 5.94. The van der Waals surface area contributed by atoms with Crippen LogP contribution in [0.5, 0.6) is 5.75 Å². The predicted octanol–water partition coefficient (Wildman–Crippen LogP) is 4.81. The van der Waals surface area contributed by atoms with Gasteiger partial charge in [0.05, 0.1) is 7.11 Å². The summed E-state index contributed by atoms with van der Waals surface area (Å²) in [5, 5.41) is 4.05. The molecule has 0 unspecified atom stereocenters. The largest absolute Gasteiger partial charge is 0.497 e. The first kappa shape index (κ1) is 22.2. The zero-order chi connectivity index (χ0) is 23.0. The number of ether oxygens (including phenoxy) is 1. The molecule has 0 bridgehead atoms. The van der Waals surface area contributed by atoms with Crippen molar-refractivity contribution in [2.75, 3.05) is 20.2 Å². The standard InChI is InChI=1S/C26H24FN3O3/c1-32-23-12-6-9-20(18-23)25-28-24(33-29-25)14-16-30(15-13-19-7-3-2-4-8-19)26(31)21-10-5-11-22(27)17-21/h2-12,17-18H,13-16H2,1H3. The van der Waals surface area contributed by atoms with Crippen molar-refractivity contribution in [3.63, 3.8) is 0 Å². The van der Waals surface area contributed by atoms with E-state index in [1.807, 2.05) is 54.6 Å². The Morgan fingerprint density at radius 3 is 2.55 bits per heavy atom. The monoisotopic (exact) mass is 445 g/mol. The maximum atomic E-state index is 13.7. The van der Waals surface area contributed by atoms with Crippen molar-refractivity contribution in [1.29, 1.82) is 0 Å². The summed E-state index contributed by atoms with van der Waals surface area (Å²) in [6.07, 6.45) is 1.06. The van der Waals surface area contributed by atoms with Gasteiger partial charge in [-0.25, -0.2) is 4.39 Å². The minimum atomic E-state index is -0.441. The van der Waals surface area contributed by atoms with Crippen LogP contribution in [0.4, 0.5) is 4.39 Å². The summed E-state index contributed by atoms with van der Waals surface area (Å²) >= 11 is 0. The van der Waals surface area contributed by atoms with Crippen LogP contribution in [0.15, 0.2) is 83.4 Å². The number of carbonyl (C=O) groups excluding carboxylic acids is 1. The molecular weight excluding hydrogens is 421 g/mol. The number of rotatable bonds is 9. The number of amides is 1. The van der Waals surface area contributed by atoms with Gasteiger partial charge in [0, 0.05) is 30.6 Å². The lowest BCUT2D eigenvalue weighted by Crippen LogP contribution is -2.35. The van der Waals surface area contributed by atoms with Crippen molar-refractivity contribution in [2.24, 2.45) is 0 Å². The lowest BCUT2D eigenvalue weighted by Gasteiger charge is -2.22. The molecule has 0 spiro atoms. The zero-order valence-corrected chi connectivity index (χ0v) is 18.3. The minimum absolute atomic E-state index is 0.238. The molecule has 0 radical (unpaired) electrons. The van der Waals surface area contributed by atoms with E-state index in [2.05, 4.69) is 10.1 Å². The highest BCUT2D eigenvalue weighted by Crippen LogP contribution is 2.21. The van der Waals surface area contributed by atoms with Gasteiger partial charge in [-0.2, -0.15) is 4.98 Å². The molecule has 168 valence electrons. The molecule has 1 aromatic heterocycles. The van der Waals surface area contributed by atoms with Gasteiger partial charge in [-0.15, -0.1) is 0 Å². The molecule has 0 saturated carbocycles. The Balaban J connectivity index is 1.47. The van der Waals surface area contributed by atoms with E-state index in [1.54, 1.807) is 18.1 Å². The van der Waals surface area contributed by atoms with E-state index < -0.39 is 5.82 Å². The smallest absolute Gasteiger partial charge is 0.253 e. The molecule has 0 atom stereocenters. The molecule has 6 nitrogen and oxygen atoms in total. The molecule has 33 heavy (non-hydrogen) atoms. The fourth-order valence-electron chi connectivity index (χ4n) is 3.49. The van der Waals surface area contributed by atoms with Crippen molar-refractivity contribution in [3.8, 4) is 17.1 Å². The van der Waals surface area contributed by atoms with Crippen LogP contribution in [0.25, 0.3) is 11.4 Å². The molecular formula is C26H24FN3O3. The molecule has 1 amide bonds. The van der Waals surface area contributed by atoms with Gasteiger partial charge in [0.2, 0.25) is 11.7 Å².